The molecule has 0 aliphatic carbocycles. The quantitative estimate of drug-likeness (QED) is 0.620. The molecule has 1 aliphatic heterocycles. The molecule has 10 heteroatoms. The molecule has 10 nitrogen and oxygen atoms in total. The third kappa shape index (κ3) is 2.61. The topological polar surface area (TPSA) is 117 Å². The van der Waals surface area contributed by atoms with Crippen LogP contribution in [0.3, 0.4) is 0 Å². The van der Waals surface area contributed by atoms with E-state index in [1.807, 2.05) is 4.90 Å². The molecular weight excluding hydrogens is 294 g/mol. The number of fused-ring (bicyclic) bond motifs is 1. The SMILES string of the molecule is O=[N+]([O-])c1cc([N+](=O)[O-])c2cnn(CN3CCCOC3)c2c1. The number of nitro benzene ring substituents is 2. The van der Waals surface area contributed by atoms with E-state index in [0.717, 1.165) is 19.0 Å². The lowest BCUT2D eigenvalue weighted by Gasteiger charge is -2.26. The zero-order chi connectivity index (χ0) is 15.7. The molecule has 1 aromatic heterocycles. The highest BCUT2D eigenvalue weighted by molar-refractivity contribution is 5.90. The van der Waals surface area contributed by atoms with Crippen LogP contribution in [0.25, 0.3) is 10.9 Å². The minimum atomic E-state index is -0.645. The zero-order valence-corrected chi connectivity index (χ0v) is 11.5. The fourth-order valence-electron chi connectivity index (χ4n) is 2.46. The molecule has 0 amide bonds. The Hall–Kier alpha value is -2.59. The molecule has 0 radical (unpaired) electrons. The van der Waals surface area contributed by atoms with E-state index in [1.54, 1.807) is 0 Å². The summed E-state index contributed by atoms with van der Waals surface area (Å²) in [6.07, 6.45) is 2.25. The second-order valence-electron chi connectivity index (χ2n) is 4.98. The van der Waals surface area contributed by atoms with E-state index in [1.165, 1.54) is 16.9 Å². The number of ether oxygens (including phenoxy) is 1. The fourth-order valence-corrected chi connectivity index (χ4v) is 2.46. The van der Waals surface area contributed by atoms with Gasteiger partial charge in [-0.2, -0.15) is 5.10 Å². The summed E-state index contributed by atoms with van der Waals surface area (Å²) in [7, 11) is 0. The highest BCUT2D eigenvalue weighted by atomic mass is 16.6. The van der Waals surface area contributed by atoms with Gasteiger partial charge in [-0.1, -0.05) is 0 Å². The van der Waals surface area contributed by atoms with Gasteiger partial charge in [-0.3, -0.25) is 25.1 Å². The lowest BCUT2D eigenvalue weighted by atomic mass is 10.2. The van der Waals surface area contributed by atoms with E-state index in [-0.39, 0.29) is 16.8 Å². The van der Waals surface area contributed by atoms with E-state index >= 15 is 0 Å². The maximum Gasteiger partial charge on any atom is 0.287 e. The molecule has 0 spiro atoms. The molecule has 0 N–H and O–H groups in total. The van der Waals surface area contributed by atoms with Gasteiger partial charge in [0.25, 0.3) is 11.4 Å². The van der Waals surface area contributed by atoms with E-state index in [9.17, 15) is 20.2 Å². The summed E-state index contributed by atoms with van der Waals surface area (Å²) < 4.78 is 6.85. The smallest absolute Gasteiger partial charge is 0.287 e. The van der Waals surface area contributed by atoms with Gasteiger partial charge >= 0.3 is 0 Å². The number of aromatic nitrogens is 2. The molecule has 0 atom stereocenters. The number of nitrogens with zero attached hydrogens (tertiary/aromatic N) is 5. The Balaban J connectivity index is 2.04. The van der Waals surface area contributed by atoms with Crippen LogP contribution in [0.2, 0.25) is 0 Å². The van der Waals surface area contributed by atoms with E-state index < -0.39 is 9.85 Å². The largest absolute Gasteiger partial charge is 0.366 e. The lowest BCUT2D eigenvalue weighted by Crippen LogP contribution is -2.34. The Bertz CT molecular complexity index is 737. The van der Waals surface area contributed by atoms with Gasteiger partial charge in [-0.25, -0.2) is 4.68 Å². The Morgan fingerprint density at radius 1 is 1.27 bits per heavy atom. The van der Waals surface area contributed by atoms with Crippen LogP contribution >= 0.6 is 0 Å². The first-order valence-corrected chi connectivity index (χ1v) is 6.64. The maximum absolute atomic E-state index is 11.1. The molecule has 22 heavy (non-hydrogen) atoms. The summed E-state index contributed by atoms with van der Waals surface area (Å²) in [5, 5.41) is 26.5. The zero-order valence-electron chi connectivity index (χ0n) is 11.5. The predicted octanol–water partition coefficient (Wildman–Crippen LogP) is 1.49. The van der Waals surface area contributed by atoms with Crippen LogP contribution in [0.1, 0.15) is 6.42 Å². The van der Waals surface area contributed by atoms with Crippen molar-refractivity contribution in [1.29, 1.82) is 0 Å². The Morgan fingerprint density at radius 3 is 2.73 bits per heavy atom. The van der Waals surface area contributed by atoms with Crippen molar-refractivity contribution >= 4 is 22.3 Å². The molecule has 2 aromatic rings. The average molecular weight is 307 g/mol. The number of hydrogen-bond acceptors (Lipinski definition) is 7. The third-order valence-corrected chi connectivity index (χ3v) is 3.50. The summed E-state index contributed by atoms with van der Waals surface area (Å²) in [5.41, 5.74) is -0.271. The summed E-state index contributed by atoms with van der Waals surface area (Å²) >= 11 is 0. The van der Waals surface area contributed by atoms with Gasteiger partial charge in [-0.15, -0.1) is 0 Å². The molecule has 0 bridgehead atoms. The van der Waals surface area contributed by atoms with Crippen molar-refractivity contribution < 1.29 is 14.6 Å². The predicted molar refractivity (Wildman–Crippen MR) is 75.2 cm³/mol. The second-order valence-corrected chi connectivity index (χ2v) is 4.98. The molecule has 0 unspecified atom stereocenters. The first-order valence-electron chi connectivity index (χ1n) is 6.64. The monoisotopic (exact) mass is 307 g/mol. The van der Waals surface area contributed by atoms with Crippen LogP contribution in [0.4, 0.5) is 11.4 Å². The van der Waals surface area contributed by atoms with Crippen LogP contribution in [0.5, 0.6) is 0 Å². The summed E-state index contributed by atoms with van der Waals surface area (Å²) in [6, 6.07) is 2.26. The van der Waals surface area contributed by atoms with E-state index in [4.69, 9.17) is 4.74 Å². The van der Waals surface area contributed by atoms with Crippen molar-refractivity contribution in [1.82, 2.24) is 14.7 Å². The third-order valence-electron chi connectivity index (χ3n) is 3.50. The summed E-state index contributed by atoms with van der Waals surface area (Å²) in [6.45, 7) is 2.33. The fraction of sp³-hybridized carbons (Fsp3) is 0.417. The minimum Gasteiger partial charge on any atom is -0.366 e. The molecule has 1 aliphatic rings. The molecule has 0 saturated carbocycles. The molecule has 1 saturated heterocycles. The standard InChI is InChI=1S/C12H13N5O5/c18-16(19)9-4-11-10(12(5-9)17(20)21)6-13-15(11)7-14-2-1-3-22-8-14/h4-6H,1-3,7-8H2. The van der Waals surface area contributed by atoms with Gasteiger partial charge in [-0.05, 0) is 6.42 Å². The first-order chi connectivity index (χ1) is 10.6. The number of benzene rings is 1. The van der Waals surface area contributed by atoms with E-state index in [2.05, 4.69) is 5.10 Å². The average Bonchev–Trinajstić information content (AvgIpc) is 2.90. The van der Waals surface area contributed by atoms with Crippen LogP contribution in [-0.4, -0.2) is 44.4 Å². The van der Waals surface area contributed by atoms with Gasteiger partial charge in [0.05, 0.1) is 39.7 Å². The molecule has 116 valence electrons. The van der Waals surface area contributed by atoms with Gasteiger partial charge in [0.2, 0.25) is 0 Å². The van der Waals surface area contributed by atoms with Crippen molar-refractivity contribution in [2.45, 2.75) is 13.1 Å². The molecule has 2 heterocycles. The number of non-ortho nitro benzene ring substituents is 2. The van der Waals surface area contributed by atoms with Crippen LogP contribution in [0, 0.1) is 20.2 Å². The Kier molecular flexibility index (Phi) is 3.69. The van der Waals surface area contributed by atoms with Gasteiger partial charge < -0.3 is 4.74 Å². The van der Waals surface area contributed by atoms with Crippen LogP contribution in [-0.2, 0) is 11.4 Å². The van der Waals surface area contributed by atoms with Gasteiger partial charge in [0, 0.05) is 19.2 Å². The van der Waals surface area contributed by atoms with Crippen molar-refractivity contribution in [2.75, 3.05) is 19.9 Å². The van der Waals surface area contributed by atoms with Crippen molar-refractivity contribution in [3.8, 4) is 0 Å². The Morgan fingerprint density at radius 2 is 2.09 bits per heavy atom. The van der Waals surface area contributed by atoms with Crippen LogP contribution < -0.4 is 0 Å². The number of rotatable bonds is 4. The summed E-state index contributed by atoms with van der Waals surface area (Å²) in [5.74, 6) is 0. The molecular formula is C12H13N5O5. The minimum absolute atomic E-state index is 0.286. The Labute approximate surface area is 124 Å². The van der Waals surface area contributed by atoms with Crippen molar-refractivity contribution in [2.24, 2.45) is 0 Å². The van der Waals surface area contributed by atoms with Crippen molar-refractivity contribution in [3.05, 3.63) is 38.6 Å². The highest BCUT2D eigenvalue weighted by Gasteiger charge is 2.23. The molecule has 1 aromatic carbocycles. The highest BCUT2D eigenvalue weighted by Crippen LogP contribution is 2.30. The van der Waals surface area contributed by atoms with Gasteiger partial charge in [0.15, 0.2) is 0 Å². The lowest BCUT2D eigenvalue weighted by molar-refractivity contribution is -0.393. The van der Waals surface area contributed by atoms with Gasteiger partial charge in [0.1, 0.15) is 6.73 Å². The second kappa shape index (κ2) is 5.66. The summed E-state index contributed by atoms with van der Waals surface area (Å²) in [4.78, 5) is 22.8. The number of nitro groups is 2. The van der Waals surface area contributed by atoms with Crippen LogP contribution in [0.15, 0.2) is 18.3 Å². The first kappa shape index (κ1) is 14.4. The van der Waals surface area contributed by atoms with Crippen molar-refractivity contribution in [3.63, 3.8) is 0 Å². The normalized spacial score (nSPS) is 16.0. The number of hydrogen-bond donors (Lipinski definition) is 0. The molecule has 3 rings (SSSR count). The molecule has 1 fully saturated rings. The maximum atomic E-state index is 11.1. The van der Waals surface area contributed by atoms with E-state index in [0.29, 0.717) is 25.5 Å².